The molecule has 0 saturated heterocycles. The Bertz CT molecular complexity index is 1070. The maximum atomic E-state index is 12.7. The minimum atomic E-state index is -3.96. The van der Waals surface area contributed by atoms with E-state index in [0.29, 0.717) is 5.56 Å². The van der Waals surface area contributed by atoms with Gasteiger partial charge in [0.25, 0.3) is 0 Å². The van der Waals surface area contributed by atoms with Gasteiger partial charge < -0.3 is 10.1 Å². The van der Waals surface area contributed by atoms with E-state index in [9.17, 15) is 18.3 Å². The Labute approximate surface area is 151 Å². The molecule has 1 aromatic heterocycles. The van der Waals surface area contributed by atoms with Crippen molar-refractivity contribution in [3.8, 4) is 0 Å². The fourth-order valence-electron chi connectivity index (χ4n) is 2.95. The number of carboxylic acid groups (broad SMARTS) is 1. The first kappa shape index (κ1) is 18.2. The number of fused-ring (bicyclic) bond motifs is 1. The van der Waals surface area contributed by atoms with Gasteiger partial charge in [-0.2, -0.15) is 4.72 Å². The zero-order chi connectivity index (χ0) is 18.9. The molecule has 26 heavy (non-hydrogen) atoms. The van der Waals surface area contributed by atoms with Gasteiger partial charge in [-0.15, -0.1) is 0 Å². The molecular weight excluding hydrogens is 352 g/mol. The van der Waals surface area contributed by atoms with Crippen molar-refractivity contribution < 1.29 is 18.3 Å². The highest BCUT2D eigenvalue weighted by atomic mass is 32.2. The molecule has 0 aliphatic rings. The van der Waals surface area contributed by atoms with Gasteiger partial charge in [-0.3, -0.25) is 4.79 Å². The van der Waals surface area contributed by atoms with Crippen molar-refractivity contribution in [1.82, 2.24) is 9.71 Å². The van der Waals surface area contributed by atoms with Crippen LogP contribution in [-0.2, 0) is 21.2 Å². The van der Waals surface area contributed by atoms with E-state index in [1.54, 1.807) is 32.2 Å². The van der Waals surface area contributed by atoms with E-state index in [2.05, 4.69) is 9.71 Å². The lowest BCUT2D eigenvalue weighted by Crippen LogP contribution is -2.42. The lowest BCUT2D eigenvalue weighted by atomic mass is 10.1. The summed E-state index contributed by atoms with van der Waals surface area (Å²) in [6.45, 7) is 3.47. The van der Waals surface area contributed by atoms with Gasteiger partial charge in [0.05, 0.1) is 4.90 Å². The average molecular weight is 372 g/mol. The molecule has 0 unspecified atom stereocenters. The molecule has 0 amide bonds. The van der Waals surface area contributed by atoms with Crippen LogP contribution in [0.4, 0.5) is 0 Å². The van der Waals surface area contributed by atoms with E-state index >= 15 is 0 Å². The zero-order valence-electron chi connectivity index (χ0n) is 14.5. The van der Waals surface area contributed by atoms with Crippen LogP contribution in [0.2, 0.25) is 0 Å². The summed E-state index contributed by atoms with van der Waals surface area (Å²) in [5, 5.41) is 10.4. The third-order valence-electron chi connectivity index (χ3n) is 4.33. The van der Waals surface area contributed by atoms with Crippen molar-refractivity contribution in [3.05, 3.63) is 65.4 Å². The van der Waals surface area contributed by atoms with Crippen molar-refractivity contribution in [2.24, 2.45) is 0 Å². The number of carboxylic acids is 1. The Morgan fingerprint density at radius 1 is 1.19 bits per heavy atom. The molecule has 0 aliphatic heterocycles. The van der Waals surface area contributed by atoms with Gasteiger partial charge in [0, 0.05) is 23.5 Å². The largest absolute Gasteiger partial charge is 0.480 e. The Balaban J connectivity index is 1.91. The van der Waals surface area contributed by atoms with E-state index in [0.717, 1.165) is 22.0 Å². The summed E-state index contributed by atoms with van der Waals surface area (Å²) in [5.41, 5.74) is 2.99. The smallest absolute Gasteiger partial charge is 0.322 e. The molecule has 1 atom stereocenters. The van der Waals surface area contributed by atoms with Crippen LogP contribution in [0.5, 0.6) is 0 Å². The number of hydrogen-bond acceptors (Lipinski definition) is 3. The van der Waals surface area contributed by atoms with Crippen molar-refractivity contribution >= 4 is 26.9 Å². The number of sulfonamides is 1. The molecular formula is C19H20N2O4S. The minimum Gasteiger partial charge on any atom is -0.480 e. The molecule has 0 aliphatic carbocycles. The normalized spacial score (nSPS) is 13.0. The van der Waals surface area contributed by atoms with Gasteiger partial charge in [-0.05, 0) is 42.7 Å². The molecule has 0 spiro atoms. The summed E-state index contributed by atoms with van der Waals surface area (Å²) >= 11 is 0. The van der Waals surface area contributed by atoms with E-state index < -0.39 is 22.0 Å². The SMILES string of the molecule is Cc1ccc(C)c(S(=O)(=O)N[C@H](Cc2c[nH]c3ccccc23)C(=O)O)c1. The molecule has 0 saturated carbocycles. The van der Waals surface area contributed by atoms with Crippen LogP contribution in [0, 0.1) is 13.8 Å². The number of H-pyrrole nitrogens is 1. The number of aryl methyl sites for hydroxylation is 2. The van der Waals surface area contributed by atoms with Crippen molar-refractivity contribution in [1.29, 1.82) is 0 Å². The number of rotatable bonds is 6. The van der Waals surface area contributed by atoms with E-state index in [-0.39, 0.29) is 11.3 Å². The van der Waals surface area contributed by atoms with Crippen LogP contribution >= 0.6 is 0 Å². The molecule has 2 aromatic carbocycles. The molecule has 0 radical (unpaired) electrons. The molecule has 3 aromatic rings. The maximum Gasteiger partial charge on any atom is 0.322 e. The van der Waals surface area contributed by atoms with Crippen LogP contribution in [0.25, 0.3) is 10.9 Å². The van der Waals surface area contributed by atoms with Crippen molar-refractivity contribution in [2.45, 2.75) is 31.2 Å². The van der Waals surface area contributed by atoms with E-state index in [1.807, 2.05) is 30.3 Å². The molecule has 3 rings (SSSR count). The zero-order valence-corrected chi connectivity index (χ0v) is 15.3. The molecule has 7 heteroatoms. The van der Waals surface area contributed by atoms with Gasteiger partial charge in [0.2, 0.25) is 10.0 Å². The Kier molecular flexibility index (Phi) is 4.84. The fourth-order valence-corrected chi connectivity index (χ4v) is 4.47. The second-order valence-electron chi connectivity index (χ2n) is 6.34. The lowest BCUT2D eigenvalue weighted by Gasteiger charge is -2.16. The van der Waals surface area contributed by atoms with Crippen LogP contribution < -0.4 is 4.72 Å². The number of benzene rings is 2. The lowest BCUT2D eigenvalue weighted by molar-refractivity contribution is -0.138. The monoisotopic (exact) mass is 372 g/mol. The first-order valence-corrected chi connectivity index (χ1v) is 9.63. The summed E-state index contributed by atoms with van der Waals surface area (Å²) in [5.74, 6) is -1.22. The Morgan fingerprint density at radius 2 is 1.92 bits per heavy atom. The average Bonchev–Trinajstić information content (AvgIpc) is 2.99. The van der Waals surface area contributed by atoms with Crippen molar-refractivity contribution in [2.75, 3.05) is 0 Å². The number of carbonyl (C=O) groups is 1. The van der Waals surface area contributed by atoms with E-state index in [4.69, 9.17) is 0 Å². The summed E-state index contributed by atoms with van der Waals surface area (Å²) in [7, 11) is -3.96. The maximum absolute atomic E-state index is 12.7. The second kappa shape index (κ2) is 6.93. The first-order valence-electron chi connectivity index (χ1n) is 8.15. The molecule has 136 valence electrons. The number of aromatic nitrogens is 1. The van der Waals surface area contributed by atoms with Gasteiger partial charge in [0.15, 0.2) is 0 Å². The van der Waals surface area contributed by atoms with Gasteiger partial charge in [0.1, 0.15) is 6.04 Å². The highest BCUT2D eigenvalue weighted by Crippen LogP contribution is 2.21. The summed E-state index contributed by atoms with van der Waals surface area (Å²) in [6.07, 6.45) is 1.76. The third-order valence-corrected chi connectivity index (χ3v) is 5.94. The van der Waals surface area contributed by atoms with Crippen LogP contribution in [0.1, 0.15) is 16.7 Å². The van der Waals surface area contributed by atoms with Crippen LogP contribution in [0.15, 0.2) is 53.6 Å². The summed E-state index contributed by atoms with van der Waals surface area (Å²) < 4.78 is 27.8. The Hall–Kier alpha value is -2.64. The molecule has 6 nitrogen and oxygen atoms in total. The summed E-state index contributed by atoms with van der Waals surface area (Å²) in [6, 6.07) is 11.3. The van der Waals surface area contributed by atoms with E-state index in [1.165, 1.54) is 0 Å². The Morgan fingerprint density at radius 3 is 2.65 bits per heavy atom. The molecule has 1 heterocycles. The topological polar surface area (TPSA) is 99.3 Å². The quantitative estimate of drug-likeness (QED) is 0.619. The van der Waals surface area contributed by atoms with Crippen LogP contribution in [-0.4, -0.2) is 30.5 Å². The standard InChI is InChI=1S/C19H20N2O4S/c1-12-7-8-13(2)18(9-12)26(24,25)21-17(19(22)23)10-14-11-20-16-6-4-3-5-15(14)16/h3-9,11,17,20-21H,10H2,1-2H3,(H,22,23)/t17-/m1/s1. The molecule has 0 fully saturated rings. The molecule has 3 N–H and O–H groups in total. The van der Waals surface area contributed by atoms with Gasteiger partial charge in [-0.25, -0.2) is 8.42 Å². The number of para-hydroxylation sites is 1. The second-order valence-corrected chi connectivity index (χ2v) is 8.03. The number of nitrogens with one attached hydrogen (secondary N) is 2. The first-order chi connectivity index (χ1) is 12.3. The molecule has 0 bridgehead atoms. The number of hydrogen-bond donors (Lipinski definition) is 3. The predicted molar refractivity (Wildman–Crippen MR) is 99.7 cm³/mol. The predicted octanol–water partition coefficient (Wildman–Crippen LogP) is 2.76. The van der Waals surface area contributed by atoms with Crippen LogP contribution in [0.3, 0.4) is 0 Å². The number of aliphatic carboxylic acids is 1. The third kappa shape index (κ3) is 3.63. The number of aromatic amines is 1. The fraction of sp³-hybridized carbons (Fsp3) is 0.211. The highest BCUT2D eigenvalue weighted by molar-refractivity contribution is 7.89. The summed E-state index contributed by atoms with van der Waals surface area (Å²) in [4.78, 5) is 14.9. The highest BCUT2D eigenvalue weighted by Gasteiger charge is 2.27. The van der Waals surface area contributed by atoms with Gasteiger partial charge in [-0.1, -0.05) is 30.3 Å². The van der Waals surface area contributed by atoms with Crippen molar-refractivity contribution in [3.63, 3.8) is 0 Å². The minimum absolute atomic E-state index is 0.0451. The van der Waals surface area contributed by atoms with Gasteiger partial charge >= 0.3 is 5.97 Å².